The van der Waals surface area contributed by atoms with Crippen LogP contribution in [-0.4, -0.2) is 12.1 Å². The largest absolute Gasteiger partial charge is 0.459 e. The highest BCUT2D eigenvalue weighted by Crippen LogP contribution is 2.62. The molecule has 0 unspecified atom stereocenters. The second kappa shape index (κ2) is 7.65. The molecule has 1 fully saturated rings. The van der Waals surface area contributed by atoms with E-state index in [2.05, 4.69) is 39.8 Å². The number of rotatable bonds is 3. The first-order valence-corrected chi connectivity index (χ1v) is 9.64. The van der Waals surface area contributed by atoms with E-state index < -0.39 is 0 Å². The Kier molecular flexibility index (Phi) is 5.50. The molecule has 0 amide bonds. The van der Waals surface area contributed by atoms with Crippen molar-refractivity contribution < 1.29 is 9.53 Å². The van der Waals surface area contributed by atoms with Gasteiger partial charge < -0.3 is 4.74 Å². The standard InChI is InChI=1S/C24H30O2/c1-17-9-8-10-18(2)16-21(23-20(15-17)24(23,3)4)26-22(25)14-13-19-11-6-5-7-12-19/h5-7,10-15,20-21,23H,8-9,16H2,1-4H3/b14-13+,17-15+,18-10+/t20-,21-,23-/m0/s1. The molecule has 0 heterocycles. The lowest BCUT2D eigenvalue weighted by Crippen LogP contribution is -2.22. The number of hydrogen-bond donors (Lipinski definition) is 0. The molecule has 2 aliphatic rings. The molecule has 3 rings (SSSR count). The lowest BCUT2D eigenvalue weighted by atomic mass is 9.98. The van der Waals surface area contributed by atoms with Gasteiger partial charge in [0, 0.05) is 18.4 Å². The van der Waals surface area contributed by atoms with Crippen molar-refractivity contribution in [1.82, 2.24) is 0 Å². The van der Waals surface area contributed by atoms with Crippen molar-refractivity contribution in [2.75, 3.05) is 0 Å². The minimum absolute atomic E-state index is 0.0543. The van der Waals surface area contributed by atoms with Gasteiger partial charge in [-0.2, -0.15) is 0 Å². The van der Waals surface area contributed by atoms with Crippen molar-refractivity contribution in [2.45, 2.75) is 53.1 Å². The molecule has 138 valence electrons. The molecule has 3 atom stereocenters. The zero-order chi connectivity index (χ0) is 18.7. The number of fused-ring (bicyclic) bond motifs is 1. The van der Waals surface area contributed by atoms with Crippen LogP contribution in [0.5, 0.6) is 0 Å². The fourth-order valence-corrected chi connectivity index (χ4v) is 4.24. The van der Waals surface area contributed by atoms with Gasteiger partial charge in [-0.05, 0) is 49.7 Å². The normalized spacial score (nSPS) is 31.9. The van der Waals surface area contributed by atoms with Gasteiger partial charge in [-0.1, -0.05) is 67.5 Å². The first kappa shape index (κ1) is 18.7. The van der Waals surface area contributed by atoms with E-state index in [0.29, 0.717) is 11.8 Å². The second-order valence-corrected chi connectivity index (χ2v) is 8.40. The minimum Gasteiger partial charge on any atom is -0.459 e. The van der Waals surface area contributed by atoms with E-state index in [9.17, 15) is 4.79 Å². The summed E-state index contributed by atoms with van der Waals surface area (Å²) in [6, 6.07) is 9.86. The first-order chi connectivity index (χ1) is 12.4. The average molecular weight is 351 g/mol. The van der Waals surface area contributed by atoms with Gasteiger partial charge in [0.05, 0.1) is 0 Å². The molecule has 2 heteroatoms. The summed E-state index contributed by atoms with van der Waals surface area (Å²) in [6.07, 6.45) is 11.1. The quantitative estimate of drug-likeness (QED) is 0.382. The van der Waals surface area contributed by atoms with E-state index in [1.165, 1.54) is 11.1 Å². The van der Waals surface area contributed by atoms with Crippen molar-refractivity contribution in [3.05, 3.63) is 65.3 Å². The third-order valence-electron chi connectivity index (χ3n) is 5.89. The maximum Gasteiger partial charge on any atom is 0.331 e. The van der Waals surface area contributed by atoms with Crippen LogP contribution >= 0.6 is 0 Å². The summed E-state index contributed by atoms with van der Waals surface area (Å²) in [4.78, 5) is 12.4. The summed E-state index contributed by atoms with van der Waals surface area (Å²) in [5.74, 6) is 0.656. The van der Waals surface area contributed by atoms with Crippen molar-refractivity contribution >= 4 is 12.0 Å². The molecule has 0 saturated heterocycles. The Bertz CT molecular complexity index is 737. The van der Waals surface area contributed by atoms with Crippen LogP contribution in [0.4, 0.5) is 0 Å². The fraction of sp³-hybridized carbons (Fsp3) is 0.458. The fourth-order valence-electron chi connectivity index (χ4n) is 4.24. The number of benzene rings is 1. The van der Waals surface area contributed by atoms with Crippen LogP contribution in [0.25, 0.3) is 6.08 Å². The van der Waals surface area contributed by atoms with Crippen LogP contribution in [0.3, 0.4) is 0 Å². The van der Waals surface area contributed by atoms with Gasteiger partial charge in [0.2, 0.25) is 0 Å². The molecule has 0 bridgehead atoms. The molecule has 1 aromatic rings. The molecule has 1 aromatic carbocycles. The molecular formula is C24H30O2. The summed E-state index contributed by atoms with van der Waals surface area (Å²) in [5.41, 5.74) is 3.98. The van der Waals surface area contributed by atoms with Crippen LogP contribution in [-0.2, 0) is 9.53 Å². The van der Waals surface area contributed by atoms with E-state index in [0.717, 1.165) is 24.8 Å². The van der Waals surface area contributed by atoms with E-state index >= 15 is 0 Å². The van der Waals surface area contributed by atoms with Crippen LogP contribution in [0.2, 0.25) is 0 Å². The zero-order valence-corrected chi connectivity index (χ0v) is 16.4. The van der Waals surface area contributed by atoms with E-state index in [4.69, 9.17) is 4.74 Å². The molecule has 0 aliphatic heterocycles. The Hall–Kier alpha value is -2.09. The summed E-state index contributed by atoms with van der Waals surface area (Å²) >= 11 is 0. The van der Waals surface area contributed by atoms with Gasteiger partial charge in [0.1, 0.15) is 6.10 Å². The maximum absolute atomic E-state index is 12.4. The Morgan fingerprint density at radius 3 is 2.62 bits per heavy atom. The lowest BCUT2D eigenvalue weighted by molar-refractivity contribution is -0.144. The number of carbonyl (C=O) groups is 1. The second-order valence-electron chi connectivity index (χ2n) is 8.40. The number of hydrogen-bond acceptors (Lipinski definition) is 2. The summed E-state index contributed by atoms with van der Waals surface area (Å²) in [5, 5.41) is 0. The van der Waals surface area contributed by atoms with Crippen LogP contribution < -0.4 is 0 Å². The van der Waals surface area contributed by atoms with Crippen LogP contribution in [0.1, 0.15) is 52.5 Å². The maximum atomic E-state index is 12.4. The van der Waals surface area contributed by atoms with Crippen LogP contribution in [0.15, 0.2) is 59.7 Å². The van der Waals surface area contributed by atoms with Crippen LogP contribution in [0, 0.1) is 17.3 Å². The minimum atomic E-state index is -0.245. The number of ether oxygens (including phenoxy) is 1. The highest BCUT2D eigenvalue weighted by atomic mass is 16.5. The van der Waals surface area contributed by atoms with Gasteiger partial charge >= 0.3 is 5.97 Å². The SMILES string of the molecule is C/C1=C\[C@H]2[C@@H]([C@@H](OC(=O)/C=C/c3ccccc3)C/C(C)=C/CC1)C2(C)C. The molecule has 0 N–H and O–H groups in total. The molecule has 0 spiro atoms. The summed E-state index contributed by atoms with van der Waals surface area (Å²) in [6.45, 7) is 8.97. The third-order valence-corrected chi connectivity index (χ3v) is 5.89. The monoisotopic (exact) mass is 350 g/mol. The molecule has 2 aliphatic carbocycles. The Morgan fingerprint density at radius 1 is 1.15 bits per heavy atom. The van der Waals surface area contributed by atoms with Crippen molar-refractivity contribution in [3.63, 3.8) is 0 Å². The number of carbonyl (C=O) groups excluding carboxylic acids is 1. The molecular weight excluding hydrogens is 320 g/mol. The van der Waals surface area contributed by atoms with Gasteiger partial charge in [0.25, 0.3) is 0 Å². The Balaban J connectivity index is 1.74. The molecule has 0 aromatic heterocycles. The Morgan fingerprint density at radius 2 is 1.88 bits per heavy atom. The predicted octanol–water partition coefficient (Wildman–Crippen LogP) is 5.96. The number of allylic oxidation sites excluding steroid dienone is 3. The lowest BCUT2D eigenvalue weighted by Gasteiger charge is -2.20. The summed E-state index contributed by atoms with van der Waals surface area (Å²) in [7, 11) is 0. The number of esters is 1. The Labute approximate surface area is 157 Å². The van der Waals surface area contributed by atoms with Crippen molar-refractivity contribution in [1.29, 1.82) is 0 Å². The highest BCUT2D eigenvalue weighted by Gasteiger charge is 2.60. The van der Waals surface area contributed by atoms with E-state index in [1.807, 2.05) is 36.4 Å². The average Bonchev–Trinajstić information content (AvgIpc) is 3.13. The zero-order valence-electron chi connectivity index (χ0n) is 16.4. The van der Waals surface area contributed by atoms with Crippen molar-refractivity contribution in [2.24, 2.45) is 17.3 Å². The highest BCUT2D eigenvalue weighted by molar-refractivity contribution is 5.87. The molecule has 2 nitrogen and oxygen atoms in total. The molecule has 0 radical (unpaired) electrons. The van der Waals surface area contributed by atoms with Gasteiger partial charge in [-0.15, -0.1) is 0 Å². The molecule has 1 saturated carbocycles. The topological polar surface area (TPSA) is 26.3 Å². The van der Waals surface area contributed by atoms with Gasteiger partial charge in [0.15, 0.2) is 0 Å². The molecule has 26 heavy (non-hydrogen) atoms. The van der Waals surface area contributed by atoms with Crippen molar-refractivity contribution in [3.8, 4) is 0 Å². The third kappa shape index (κ3) is 4.35. The smallest absolute Gasteiger partial charge is 0.331 e. The van der Waals surface area contributed by atoms with E-state index in [1.54, 1.807) is 6.08 Å². The van der Waals surface area contributed by atoms with Gasteiger partial charge in [-0.3, -0.25) is 0 Å². The van der Waals surface area contributed by atoms with Gasteiger partial charge in [-0.25, -0.2) is 4.79 Å². The predicted molar refractivity (Wildman–Crippen MR) is 107 cm³/mol. The first-order valence-electron chi connectivity index (χ1n) is 9.64. The summed E-state index contributed by atoms with van der Waals surface area (Å²) < 4.78 is 5.94. The van der Waals surface area contributed by atoms with E-state index in [-0.39, 0.29) is 17.5 Å².